The standard InChI is InChI=1S/C15H14BrClN2O/c1-9(10-2-4-11(16)5-3-10)19-15(20)13-8-12(18)6-7-14(13)17/h2-9H,18H2,1H3,(H,19,20)/t9-/m0/s1. The van der Waals surface area contributed by atoms with Crippen LogP contribution in [-0.2, 0) is 0 Å². The minimum atomic E-state index is -0.238. The molecule has 0 fully saturated rings. The highest BCUT2D eigenvalue weighted by Gasteiger charge is 2.14. The van der Waals surface area contributed by atoms with E-state index in [1.807, 2.05) is 31.2 Å². The molecule has 0 radical (unpaired) electrons. The summed E-state index contributed by atoms with van der Waals surface area (Å²) in [5.74, 6) is -0.238. The van der Waals surface area contributed by atoms with Crippen molar-refractivity contribution in [3.63, 3.8) is 0 Å². The fourth-order valence-corrected chi connectivity index (χ4v) is 2.29. The lowest BCUT2D eigenvalue weighted by Gasteiger charge is -2.15. The van der Waals surface area contributed by atoms with Crippen LogP contribution in [0.5, 0.6) is 0 Å². The Kier molecular flexibility index (Phi) is 4.68. The van der Waals surface area contributed by atoms with E-state index in [-0.39, 0.29) is 11.9 Å². The van der Waals surface area contributed by atoms with Crippen molar-refractivity contribution in [1.82, 2.24) is 5.32 Å². The van der Waals surface area contributed by atoms with Crippen LogP contribution in [0.4, 0.5) is 5.69 Å². The Hall–Kier alpha value is -1.52. The topological polar surface area (TPSA) is 55.1 Å². The van der Waals surface area contributed by atoms with Gasteiger partial charge in [0.2, 0.25) is 0 Å². The van der Waals surface area contributed by atoms with Crippen molar-refractivity contribution in [2.75, 3.05) is 5.73 Å². The Balaban J connectivity index is 2.15. The number of carbonyl (C=O) groups excluding carboxylic acids is 1. The normalized spacial score (nSPS) is 11.9. The Bertz CT molecular complexity index is 628. The first-order valence-electron chi connectivity index (χ1n) is 6.08. The van der Waals surface area contributed by atoms with E-state index in [0.29, 0.717) is 16.3 Å². The number of hydrogen-bond acceptors (Lipinski definition) is 2. The molecule has 2 rings (SSSR count). The first kappa shape index (κ1) is 14.9. The van der Waals surface area contributed by atoms with E-state index in [9.17, 15) is 4.79 Å². The Labute approximate surface area is 131 Å². The van der Waals surface area contributed by atoms with Crippen LogP contribution in [0, 0.1) is 0 Å². The third kappa shape index (κ3) is 3.52. The maximum Gasteiger partial charge on any atom is 0.253 e. The first-order chi connectivity index (χ1) is 9.47. The number of halogens is 2. The Morgan fingerprint density at radius 3 is 2.55 bits per heavy atom. The van der Waals surface area contributed by atoms with E-state index in [1.54, 1.807) is 18.2 Å². The molecule has 0 unspecified atom stereocenters. The number of anilines is 1. The molecular weight excluding hydrogens is 340 g/mol. The molecule has 0 aliphatic carbocycles. The summed E-state index contributed by atoms with van der Waals surface area (Å²) in [5, 5.41) is 3.29. The highest BCUT2D eigenvalue weighted by Crippen LogP contribution is 2.21. The quantitative estimate of drug-likeness (QED) is 0.813. The molecule has 3 nitrogen and oxygen atoms in total. The molecule has 5 heteroatoms. The number of benzene rings is 2. The minimum Gasteiger partial charge on any atom is -0.399 e. The molecule has 20 heavy (non-hydrogen) atoms. The van der Waals surface area contributed by atoms with Gasteiger partial charge in [-0.2, -0.15) is 0 Å². The van der Waals surface area contributed by atoms with Crippen LogP contribution < -0.4 is 11.1 Å². The highest BCUT2D eigenvalue weighted by molar-refractivity contribution is 9.10. The monoisotopic (exact) mass is 352 g/mol. The third-order valence-corrected chi connectivity index (χ3v) is 3.81. The second-order valence-electron chi connectivity index (χ2n) is 4.49. The lowest BCUT2D eigenvalue weighted by atomic mass is 10.1. The minimum absolute atomic E-state index is 0.118. The average Bonchev–Trinajstić information content (AvgIpc) is 2.42. The maximum absolute atomic E-state index is 12.2. The van der Waals surface area contributed by atoms with Crippen molar-refractivity contribution >= 4 is 39.1 Å². The lowest BCUT2D eigenvalue weighted by molar-refractivity contribution is 0.0940. The summed E-state index contributed by atoms with van der Waals surface area (Å²) in [4.78, 5) is 12.2. The lowest BCUT2D eigenvalue weighted by Crippen LogP contribution is -2.27. The second-order valence-corrected chi connectivity index (χ2v) is 5.81. The molecule has 0 aliphatic heterocycles. The number of nitrogen functional groups attached to an aromatic ring is 1. The van der Waals surface area contributed by atoms with Crippen LogP contribution in [0.2, 0.25) is 5.02 Å². The van der Waals surface area contributed by atoms with Crippen molar-refractivity contribution in [3.8, 4) is 0 Å². The Morgan fingerprint density at radius 1 is 1.25 bits per heavy atom. The number of hydrogen-bond donors (Lipinski definition) is 2. The van der Waals surface area contributed by atoms with E-state index in [4.69, 9.17) is 17.3 Å². The number of nitrogens with two attached hydrogens (primary N) is 1. The van der Waals surface area contributed by atoms with E-state index in [2.05, 4.69) is 21.2 Å². The van der Waals surface area contributed by atoms with Gasteiger partial charge in [0.05, 0.1) is 16.6 Å². The summed E-state index contributed by atoms with van der Waals surface area (Å²) in [6.45, 7) is 1.92. The van der Waals surface area contributed by atoms with Crippen LogP contribution in [0.25, 0.3) is 0 Å². The molecular formula is C15H14BrClN2O. The molecule has 0 heterocycles. The fourth-order valence-electron chi connectivity index (χ4n) is 1.83. The third-order valence-electron chi connectivity index (χ3n) is 2.95. The predicted molar refractivity (Wildman–Crippen MR) is 85.9 cm³/mol. The van der Waals surface area contributed by atoms with Gasteiger partial charge in [0.25, 0.3) is 5.91 Å². The molecule has 0 saturated carbocycles. The van der Waals surface area contributed by atoms with Crippen LogP contribution in [-0.4, -0.2) is 5.91 Å². The largest absolute Gasteiger partial charge is 0.399 e. The van der Waals surface area contributed by atoms with Crippen molar-refractivity contribution in [3.05, 3.63) is 63.1 Å². The van der Waals surface area contributed by atoms with Gasteiger partial charge in [0, 0.05) is 10.2 Å². The van der Waals surface area contributed by atoms with Crippen LogP contribution >= 0.6 is 27.5 Å². The van der Waals surface area contributed by atoms with E-state index < -0.39 is 0 Å². The number of nitrogens with one attached hydrogen (secondary N) is 1. The predicted octanol–water partition coefficient (Wildman–Crippen LogP) is 4.18. The zero-order valence-electron chi connectivity index (χ0n) is 10.9. The van der Waals surface area contributed by atoms with E-state index >= 15 is 0 Å². The summed E-state index contributed by atoms with van der Waals surface area (Å²) in [7, 11) is 0. The van der Waals surface area contributed by atoms with Crippen molar-refractivity contribution in [2.24, 2.45) is 0 Å². The van der Waals surface area contributed by atoms with Crippen molar-refractivity contribution < 1.29 is 4.79 Å². The molecule has 0 aromatic heterocycles. The Morgan fingerprint density at radius 2 is 1.90 bits per heavy atom. The summed E-state index contributed by atoms with van der Waals surface area (Å²) in [6.07, 6.45) is 0. The summed E-state index contributed by atoms with van der Waals surface area (Å²) in [6, 6.07) is 12.5. The molecule has 104 valence electrons. The number of carbonyl (C=O) groups is 1. The van der Waals surface area contributed by atoms with Gasteiger partial charge >= 0.3 is 0 Å². The second kappa shape index (κ2) is 6.29. The molecule has 1 amide bonds. The molecule has 2 aromatic carbocycles. The summed E-state index contributed by atoms with van der Waals surface area (Å²) in [5.41, 5.74) is 7.59. The molecule has 0 aliphatic rings. The molecule has 0 saturated heterocycles. The van der Waals surface area contributed by atoms with Crippen LogP contribution in [0.15, 0.2) is 46.9 Å². The van der Waals surface area contributed by atoms with Gasteiger partial charge in [0.1, 0.15) is 0 Å². The number of amides is 1. The van der Waals surface area contributed by atoms with Crippen molar-refractivity contribution in [1.29, 1.82) is 0 Å². The fraction of sp³-hybridized carbons (Fsp3) is 0.133. The van der Waals surface area contributed by atoms with Gasteiger partial charge in [0.15, 0.2) is 0 Å². The van der Waals surface area contributed by atoms with Gasteiger partial charge < -0.3 is 11.1 Å². The van der Waals surface area contributed by atoms with Crippen LogP contribution in [0.1, 0.15) is 28.9 Å². The maximum atomic E-state index is 12.2. The van der Waals surface area contributed by atoms with Gasteiger partial charge in [-0.1, -0.05) is 39.7 Å². The van der Waals surface area contributed by atoms with Gasteiger partial charge in [-0.05, 0) is 42.8 Å². The molecule has 3 N–H and O–H groups in total. The summed E-state index contributed by atoms with van der Waals surface area (Å²) < 4.78 is 0.999. The smallest absolute Gasteiger partial charge is 0.253 e. The molecule has 0 bridgehead atoms. The van der Waals surface area contributed by atoms with E-state index in [1.165, 1.54) is 0 Å². The zero-order chi connectivity index (χ0) is 14.7. The highest BCUT2D eigenvalue weighted by atomic mass is 79.9. The zero-order valence-corrected chi connectivity index (χ0v) is 13.2. The molecule has 0 spiro atoms. The SMILES string of the molecule is C[C@H](NC(=O)c1cc(N)ccc1Cl)c1ccc(Br)cc1. The van der Waals surface area contributed by atoms with Gasteiger partial charge in [-0.3, -0.25) is 4.79 Å². The molecule has 2 aromatic rings. The number of rotatable bonds is 3. The molecule has 1 atom stereocenters. The van der Waals surface area contributed by atoms with Crippen molar-refractivity contribution in [2.45, 2.75) is 13.0 Å². The average molecular weight is 354 g/mol. The van der Waals surface area contributed by atoms with Gasteiger partial charge in [-0.25, -0.2) is 0 Å². The first-order valence-corrected chi connectivity index (χ1v) is 7.26. The van der Waals surface area contributed by atoms with Crippen LogP contribution in [0.3, 0.4) is 0 Å². The van der Waals surface area contributed by atoms with E-state index in [0.717, 1.165) is 10.0 Å². The summed E-state index contributed by atoms with van der Waals surface area (Å²) >= 11 is 9.40. The van der Waals surface area contributed by atoms with Gasteiger partial charge in [-0.15, -0.1) is 0 Å².